The highest BCUT2D eigenvalue weighted by Gasteiger charge is 2.16. The molecular formula is C9H9FO2S. The van der Waals surface area contributed by atoms with Gasteiger partial charge in [-0.15, -0.1) is 0 Å². The zero-order valence-corrected chi connectivity index (χ0v) is 7.84. The van der Waals surface area contributed by atoms with Gasteiger partial charge < -0.3 is 5.11 Å². The highest BCUT2D eigenvalue weighted by atomic mass is 32.2. The van der Waals surface area contributed by atoms with Gasteiger partial charge in [-0.25, -0.2) is 9.18 Å². The van der Waals surface area contributed by atoms with Gasteiger partial charge in [-0.2, -0.15) is 0 Å². The highest BCUT2D eigenvalue weighted by Crippen LogP contribution is 2.24. The molecule has 2 nitrogen and oxygen atoms in total. The average molecular weight is 200 g/mol. The molecule has 4 heteroatoms. The Morgan fingerprint density at radius 2 is 2.00 bits per heavy atom. The van der Waals surface area contributed by atoms with Crippen LogP contribution in [0.15, 0.2) is 29.2 Å². The molecule has 1 unspecified atom stereocenters. The summed E-state index contributed by atoms with van der Waals surface area (Å²) in [6.07, 6.45) is 0. The van der Waals surface area contributed by atoms with Crippen LogP contribution in [0.4, 0.5) is 4.39 Å². The SMILES string of the molecule is Cc1ccc(SC(F)C(=O)O)cc1. The van der Waals surface area contributed by atoms with Crippen molar-refractivity contribution >= 4 is 17.7 Å². The number of hydrogen-bond donors (Lipinski definition) is 1. The monoisotopic (exact) mass is 200 g/mol. The lowest BCUT2D eigenvalue weighted by molar-refractivity contribution is -0.139. The number of carboxylic acid groups (broad SMARTS) is 1. The summed E-state index contributed by atoms with van der Waals surface area (Å²) in [6, 6.07) is 7.04. The molecule has 0 spiro atoms. The van der Waals surface area contributed by atoms with Crippen molar-refractivity contribution in [3.63, 3.8) is 0 Å². The number of aliphatic carboxylic acids is 1. The Bertz CT molecular complexity index is 297. The minimum absolute atomic E-state index is 0.625. The molecule has 0 amide bonds. The molecule has 0 bridgehead atoms. The molecule has 0 saturated heterocycles. The Balaban J connectivity index is 2.64. The quantitative estimate of drug-likeness (QED) is 0.761. The van der Waals surface area contributed by atoms with Crippen LogP contribution in [0, 0.1) is 6.92 Å². The maximum Gasteiger partial charge on any atom is 0.349 e. The fourth-order valence-corrected chi connectivity index (χ4v) is 1.42. The van der Waals surface area contributed by atoms with Crippen LogP contribution in [0.5, 0.6) is 0 Å². The summed E-state index contributed by atoms with van der Waals surface area (Å²) in [5, 5.41) is 8.30. The third kappa shape index (κ3) is 3.06. The third-order valence-electron chi connectivity index (χ3n) is 1.45. The normalized spacial score (nSPS) is 12.5. The van der Waals surface area contributed by atoms with Crippen molar-refractivity contribution in [3.8, 4) is 0 Å². The number of aryl methyl sites for hydroxylation is 1. The molecule has 1 aromatic carbocycles. The van der Waals surface area contributed by atoms with Crippen molar-refractivity contribution < 1.29 is 14.3 Å². The maximum atomic E-state index is 12.7. The molecule has 1 atom stereocenters. The molecule has 70 valence electrons. The molecule has 0 aromatic heterocycles. The van der Waals surface area contributed by atoms with Crippen molar-refractivity contribution in [2.24, 2.45) is 0 Å². The number of carboxylic acids is 1. The summed E-state index contributed by atoms with van der Waals surface area (Å²) in [5.74, 6) is -1.44. The smallest absolute Gasteiger partial charge is 0.349 e. The standard InChI is InChI=1S/C9H9FO2S/c1-6-2-4-7(5-3-6)13-8(10)9(11)12/h2-5,8H,1H3,(H,11,12). The van der Waals surface area contributed by atoms with Gasteiger partial charge in [-0.3, -0.25) is 0 Å². The van der Waals surface area contributed by atoms with E-state index in [1.165, 1.54) is 0 Å². The van der Waals surface area contributed by atoms with Gasteiger partial charge in [0.2, 0.25) is 5.50 Å². The molecule has 1 aromatic rings. The largest absolute Gasteiger partial charge is 0.478 e. The summed E-state index contributed by atoms with van der Waals surface area (Å²) in [7, 11) is 0. The summed E-state index contributed by atoms with van der Waals surface area (Å²) in [6.45, 7) is 1.92. The number of thioether (sulfide) groups is 1. The third-order valence-corrected chi connectivity index (χ3v) is 2.41. The average Bonchev–Trinajstić information content (AvgIpc) is 2.08. The first-order valence-electron chi connectivity index (χ1n) is 3.70. The Hall–Kier alpha value is -1.03. The molecule has 1 N–H and O–H groups in total. The van der Waals surface area contributed by atoms with Gasteiger partial charge in [0.05, 0.1) is 0 Å². The van der Waals surface area contributed by atoms with E-state index in [0.717, 1.165) is 5.56 Å². The van der Waals surface area contributed by atoms with Crippen LogP contribution in [0.3, 0.4) is 0 Å². The van der Waals surface area contributed by atoms with E-state index in [1.807, 2.05) is 19.1 Å². The first-order valence-corrected chi connectivity index (χ1v) is 4.58. The van der Waals surface area contributed by atoms with Gasteiger partial charge in [0.25, 0.3) is 0 Å². The fraction of sp³-hybridized carbons (Fsp3) is 0.222. The summed E-state index contributed by atoms with van der Waals surface area (Å²) < 4.78 is 12.7. The Morgan fingerprint density at radius 1 is 1.46 bits per heavy atom. The van der Waals surface area contributed by atoms with Crippen molar-refractivity contribution in [3.05, 3.63) is 29.8 Å². The van der Waals surface area contributed by atoms with Crippen LogP contribution in [-0.4, -0.2) is 16.6 Å². The highest BCUT2D eigenvalue weighted by molar-refractivity contribution is 8.00. The predicted molar refractivity (Wildman–Crippen MR) is 49.6 cm³/mol. The van der Waals surface area contributed by atoms with Crippen LogP contribution >= 0.6 is 11.8 Å². The molecule has 0 aliphatic carbocycles. The second kappa shape index (κ2) is 4.28. The number of alkyl halides is 1. The summed E-state index contributed by atoms with van der Waals surface area (Å²) in [4.78, 5) is 10.8. The lowest BCUT2D eigenvalue weighted by atomic mass is 10.2. The van der Waals surface area contributed by atoms with Gasteiger partial charge in [-0.05, 0) is 19.1 Å². The second-order valence-electron chi connectivity index (χ2n) is 2.59. The van der Waals surface area contributed by atoms with Gasteiger partial charge in [0.1, 0.15) is 0 Å². The lowest BCUT2D eigenvalue weighted by Gasteiger charge is -2.02. The molecule has 0 saturated carbocycles. The summed E-state index contributed by atoms with van der Waals surface area (Å²) >= 11 is 0.694. The van der Waals surface area contributed by atoms with E-state index in [1.54, 1.807) is 12.1 Å². The minimum Gasteiger partial charge on any atom is -0.478 e. The number of benzene rings is 1. The lowest BCUT2D eigenvalue weighted by Crippen LogP contribution is -2.09. The van der Waals surface area contributed by atoms with Crippen molar-refractivity contribution in [1.82, 2.24) is 0 Å². The Labute approximate surface area is 79.8 Å². The summed E-state index contributed by atoms with van der Waals surface area (Å²) in [5.41, 5.74) is -0.821. The van der Waals surface area contributed by atoms with Crippen molar-refractivity contribution in [2.45, 2.75) is 17.3 Å². The van der Waals surface area contributed by atoms with E-state index < -0.39 is 11.5 Å². The van der Waals surface area contributed by atoms with Crippen LogP contribution in [0.1, 0.15) is 5.56 Å². The first kappa shape index (κ1) is 10.1. The first-order chi connectivity index (χ1) is 6.09. The number of hydrogen-bond acceptors (Lipinski definition) is 2. The van der Waals surface area contributed by atoms with Crippen LogP contribution in [-0.2, 0) is 4.79 Å². The van der Waals surface area contributed by atoms with Crippen molar-refractivity contribution in [1.29, 1.82) is 0 Å². The Kier molecular flexibility index (Phi) is 3.31. The number of halogens is 1. The zero-order chi connectivity index (χ0) is 9.84. The second-order valence-corrected chi connectivity index (χ2v) is 3.71. The van der Waals surface area contributed by atoms with Gasteiger partial charge in [0, 0.05) is 4.90 Å². The van der Waals surface area contributed by atoms with Gasteiger partial charge in [0.15, 0.2) is 0 Å². The maximum absolute atomic E-state index is 12.7. The topological polar surface area (TPSA) is 37.3 Å². The molecule has 0 radical (unpaired) electrons. The van der Waals surface area contributed by atoms with Crippen LogP contribution in [0.25, 0.3) is 0 Å². The number of carbonyl (C=O) groups is 1. The molecule has 13 heavy (non-hydrogen) atoms. The van der Waals surface area contributed by atoms with Gasteiger partial charge >= 0.3 is 5.97 Å². The fourth-order valence-electron chi connectivity index (χ4n) is 0.787. The van der Waals surface area contributed by atoms with E-state index >= 15 is 0 Å². The van der Waals surface area contributed by atoms with Crippen molar-refractivity contribution in [2.75, 3.05) is 0 Å². The molecule has 0 aliphatic rings. The predicted octanol–water partition coefficient (Wildman–Crippen LogP) is 2.47. The molecule has 0 heterocycles. The van der Waals surface area contributed by atoms with E-state index in [9.17, 15) is 9.18 Å². The molecule has 0 fully saturated rings. The molecule has 1 rings (SSSR count). The molecular weight excluding hydrogens is 191 g/mol. The van der Waals surface area contributed by atoms with E-state index in [-0.39, 0.29) is 0 Å². The number of rotatable bonds is 3. The zero-order valence-electron chi connectivity index (χ0n) is 7.03. The van der Waals surface area contributed by atoms with E-state index in [4.69, 9.17) is 5.11 Å². The molecule has 0 aliphatic heterocycles. The van der Waals surface area contributed by atoms with E-state index in [0.29, 0.717) is 16.7 Å². The minimum atomic E-state index is -1.89. The Morgan fingerprint density at radius 3 is 2.46 bits per heavy atom. The van der Waals surface area contributed by atoms with E-state index in [2.05, 4.69) is 0 Å². The van der Waals surface area contributed by atoms with Gasteiger partial charge in [-0.1, -0.05) is 29.5 Å². The van der Waals surface area contributed by atoms with Crippen LogP contribution in [0.2, 0.25) is 0 Å². The van der Waals surface area contributed by atoms with Crippen LogP contribution < -0.4 is 0 Å².